The van der Waals surface area contributed by atoms with Gasteiger partial charge in [-0.25, -0.2) is 4.39 Å². The van der Waals surface area contributed by atoms with E-state index in [0.29, 0.717) is 17.9 Å². The minimum absolute atomic E-state index is 0.0777. The maximum absolute atomic E-state index is 14.2. The van der Waals surface area contributed by atoms with Crippen molar-refractivity contribution in [2.24, 2.45) is 0 Å². The van der Waals surface area contributed by atoms with E-state index in [1.165, 1.54) is 12.1 Å². The fourth-order valence-corrected chi connectivity index (χ4v) is 5.45. The van der Waals surface area contributed by atoms with Crippen molar-refractivity contribution in [3.63, 3.8) is 0 Å². The number of hydrogen-bond acceptors (Lipinski definition) is 5. The van der Waals surface area contributed by atoms with Gasteiger partial charge in [-0.3, -0.25) is 9.89 Å². The molecule has 0 spiro atoms. The molecule has 0 atom stereocenters. The SMILES string of the molecule is CN(C)C/C=C/C(=O)N[C@H]1C[C@H](c2ccc(-c3ccccc3)cc2Oc2cc(-c3ccc(O)c(F)c3)cc3[nH]ncc23)C1. The highest BCUT2D eigenvalue weighted by atomic mass is 19.1. The summed E-state index contributed by atoms with van der Waals surface area (Å²) in [4.78, 5) is 14.4. The first-order valence-corrected chi connectivity index (χ1v) is 14.3. The van der Waals surface area contributed by atoms with Crippen LogP contribution in [0.3, 0.4) is 0 Å². The number of halogens is 1. The summed E-state index contributed by atoms with van der Waals surface area (Å²) in [6, 6.07) is 24.6. The topological polar surface area (TPSA) is 90.5 Å². The molecule has 0 radical (unpaired) electrons. The summed E-state index contributed by atoms with van der Waals surface area (Å²) in [5.41, 5.74) is 5.23. The van der Waals surface area contributed by atoms with Crippen LogP contribution in [0.2, 0.25) is 0 Å². The number of H-pyrrole nitrogens is 1. The van der Waals surface area contributed by atoms with E-state index < -0.39 is 11.6 Å². The standard InChI is InChI=1S/C35H33FN4O3/c1-40(2)14-6-9-35(42)38-27-15-26(16-27)28-12-10-24(22-7-4-3-5-8-22)19-33(28)43-34-20-25(18-31-29(34)21-37-39-31)23-11-13-32(41)30(36)17-23/h3-13,17-21,26-27,41H,14-16H2,1-2H3,(H,37,39)(H,38,42)/b9-6+/t26-,27-. The molecule has 0 aliphatic heterocycles. The molecule has 7 nitrogen and oxygen atoms in total. The highest BCUT2D eigenvalue weighted by Gasteiger charge is 2.33. The van der Waals surface area contributed by atoms with Crippen LogP contribution >= 0.6 is 0 Å². The number of aromatic nitrogens is 2. The van der Waals surface area contributed by atoms with Gasteiger partial charge in [-0.05, 0) is 91.0 Å². The highest BCUT2D eigenvalue weighted by Crippen LogP contribution is 2.45. The molecule has 1 heterocycles. The van der Waals surface area contributed by atoms with E-state index in [2.05, 4.69) is 45.8 Å². The minimum Gasteiger partial charge on any atom is -0.505 e. The van der Waals surface area contributed by atoms with Crippen LogP contribution in [0.15, 0.2) is 97.2 Å². The van der Waals surface area contributed by atoms with Gasteiger partial charge < -0.3 is 20.1 Å². The number of carbonyl (C=O) groups excluding carboxylic acids is 1. The molecule has 0 unspecified atom stereocenters. The van der Waals surface area contributed by atoms with E-state index in [4.69, 9.17) is 4.74 Å². The Kier molecular flexibility index (Phi) is 7.94. The summed E-state index contributed by atoms with van der Waals surface area (Å²) in [5.74, 6) is 0.346. The van der Waals surface area contributed by atoms with Crippen molar-refractivity contribution in [1.29, 1.82) is 0 Å². The van der Waals surface area contributed by atoms with Crippen LogP contribution in [0.25, 0.3) is 33.2 Å². The number of amides is 1. The fourth-order valence-electron chi connectivity index (χ4n) is 5.45. The molecular formula is C35H33FN4O3. The first-order chi connectivity index (χ1) is 20.8. The Labute approximate surface area is 249 Å². The second-order valence-electron chi connectivity index (χ2n) is 11.2. The van der Waals surface area contributed by atoms with Crippen LogP contribution in [-0.2, 0) is 4.79 Å². The van der Waals surface area contributed by atoms with Crippen LogP contribution < -0.4 is 10.1 Å². The minimum atomic E-state index is -0.692. The third-order valence-electron chi connectivity index (χ3n) is 7.81. The lowest BCUT2D eigenvalue weighted by Gasteiger charge is -2.36. The average molecular weight is 577 g/mol. The Morgan fingerprint density at radius 2 is 1.74 bits per heavy atom. The van der Waals surface area contributed by atoms with E-state index in [0.717, 1.165) is 51.7 Å². The summed E-state index contributed by atoms with van der Waals surface area (Å²) in [6.45, 7) is 0.710. The third kappa shape index (κ3) is 6.29. The van der Waals surface area contributed by atoms with Crippen molar-refractivity contribution >= 4 is 16.8 Å². The van der Waals surface area contributed by atoms with Crippen LogP contribution in [-0.4, -0.2) is 52.8 Å². The van der Waals surface area contributed by atoms with Crippen LogP contribution in [0.5, 0.6) is 17.2 Å². The molecule has 1 saturated carbocycles. The van der Waals surface area contributed by atoms with Crippen molar-refractivity contribution in [2.45, 2.75) is 24.8 Å². The number of ether oxygens (including phenoxy) is 1. The van der Waals surface area contributed by atoms with Gasteiger partial charge in [-0.2, -0.15) is 5.10 Å². The van der Waals surface area contributed by atoms with Crippen molar-refractivity contribution < 1.29 is 19.0 Å². The number of fused-ring (bicyclic) bond motifs is 1. The van der Waals surface area contributed by atoms with Gasteiger partial charge in [0.2, 0.25) is 5.91 Å². The molecule has 1 fully saturated rings. The van der Waals surface area contributed by atoms with E-state index in [1.807, 2.05) is 55.4 Å². The van der Waals surface area contributed by atoms with Crippen LogP contribution in [0.4, 0.5) is 4.39 Å². The molecule has 5 aromatic rings. The van der Waals surface area contributed by atoms with Gasteiger partial charge in [-0.15, -0.1) is 0 Å². The van der Waals surface area contributed by atoms with Gasteiger partial charge in [0.25, 0.3) is 0 Å². The van der Waals surface area contributed by atoms with Crippen molar-refractivity contribution in [3.05, 3.63) is 109 Å². The number of rotatable bonds is 9. The summed E-state index contributed by atoms with van der Waals surface area (Å²) in [5, 5.41) is 20.8. The lowest BCUT2D eigenvalue weighted by Crippen LogP contribution is -2.42. The van der Waals surface area contributed by atoms with E-state index in [1.54, 1.807) is 18.3 Å². The summed E-state index contributed by atoms with van der Waals surface area (Å²) < 4.78 is 20.9. The predicted molar refractivity (Wildman–Crippen MR) is 167 cm³/mol. The maximum Gasteiger partial charge on any atom is 0.243 e. The zero-order chi connectivity index (χ0) is 29.9. The number of phenols is 1. The molecule has 4 aromatic carbocycles. The second-order valence-corrected chi connectivity index (χ2v) is 11.2. The number of aromatic hydroxyl groups is 1. The van der Waals surface area contributed by atoms with Crippen molar-refractivity contribution in [3.8, 4) is 39.5 Å². The molecule has 43 heavy (non-hydrogen) atoms. The number of carbonyl (C=O) groups is 1. The molecule has 0 bridgehead atoms. The monoisotopic (exact) mass is 576 g/mol. The normalized spacial score (nSPS) is 16.5. The molecule has 8 heteroatoms. The van der Waals surface area contributed by atoms with E-state index in [-0.39, 0.29) is 17.9 Å². The number of likely N-dealkylation sites (N-methyl/N-ethyl adjacent to an activating group) is 1. The Hall–Kier alpha value is -4.95. The first kappa shape index (κ1) is 28.2. The van der Waals surface area contributed by atoms with Gasteiger partial charge in [0.05, 0.1) is 17.1 Å². The molecule has 0 saturated heterocycles. The lowest BCUT2D eigenvalue weighted by atomic mass is 9.75. The average Bonchev–Trinajstić information content (AvgIpc) is 3.46. The van der Waals surface area contributed by atoms with Crippen molar-refractivity contribution in [1.82, 2.24) is 20.4 Å². The fraction of sp³-hybridized carbons (Fsp3) is 0.200. The van der Waals surface area contributed by atoms with Gasteiger partial charge in [0, 0.05) is 18.7 Å². The van der Waals surface area contributed by atoms with Crippen LogP contribution in [0, 0.1) is 5.82 Å². The Morgan fingerprint density at radius 1 is 1.00 bits per heavy atom. The molecule has 1 amide bonds. The van der Waals surface area contributed by atoms with Gasteiger partial charge in [0.1, 0.15) is 11.5 Å². The predicted octanol–water partition coefficient (Wildman–Crippen LogP) is 7.01. The Morgan fingerprint density at radius 3 is 2.51 bits per heavy atom. The van der Waals surface area contributed by atoms with Gasteiger partial charge in [-0.1, -0.05) is 54.6 Å². The maximum atomic E-state index is 14.2. The second kappa shape index (κ2) is 12.1. The largest absolute Gasteiger partial charge is 0.505 e. The lowest BCUT2D eigenvalue weighted by molar-refractivity contribution is -0.117. The van der Waals surface area contributed by atoms with Crippen LogP contribution in [0.1, 0.15) is 24.3 Å². The molecule has 1 aliphatic carbocycles. The molecule has 1 aromatic heterocycles. The smallest absolute Gasteiger partial charge is 0.243 e. The number of benzene rings is 4. The molecular weight excluding hydrogens is 543 g/mol. The summed E-state index contributed by atoms with van der Waals surface area (Å²) >= 11 is 0. The van der Waals surface area contributed by atoms with E-state index >= 15 is 0 Å². The van der Waals surface area contributed by atoms with Gasteiger partial charge in [0.15, 0.2) is 11.6 Å². The highest BCUT2D eigenvalue weighted by molar-refractivity contribution is 5.90. The molecule has 6 rings (SSSR count). The number of phenolic OH excluding ortho intramolecular Hbond substituents is 1. The first-order valence-electron chi connectivity index (χ1n) is 14.3. The quantitative estimate of drug-likeness (QED) is 0.164. The molecule has 1 aliphatic rings. The third-order valence-corrected chi connectivity index (χ3v) is 7.81. The molecule has 218 valence electrons. The Bertz CT molecular complexity index is 1790. The number of hydrogen-bond donors (Lipinski definition) is 3. The summed E-state index contributed by atoms with van der Waals surface area (Å²) in [7, 11) is 3.92. The van der Waals surface area contributed by atoms with E-state index in [9.17, 15) is 14.3 Å². The number of nitrogens with zero attached hydrogens (tertiary/aromatic N) is 2. The summed E-state index contributed by atoms with van der Waals surface area (Å²) in [6.07, 6.45) is 6.78. The zero-order valence-electron chi connectivity index (χ0n) is 24.0. The zero-order valence-corrected chi connectivity index (χ0v) is 24.0. The number of aromatic amines is 1. The molecule has 3 N–H and O–H groups in total. The Balaban J connectivity index is 1.31. The van der Waals surface area contributed by atoms with Gasteiger partial charge >= 0.3 is 0 Å². The van der Waals surface area contributed by atoms with Crippen molar-refractivity contribution in [2.75, 3.05) is 20.6 Å². The number of nitrogens with one attached hydrogen (secondary N) is 2.